The van der Waals surface area contributed by atoms with Gasteiger partial charge in [0.2, 0.25) is 0 Å². The molecule has 1 aliphatic heterocycles. The fourth-order valence-electron chi connectivity index (χ4n) is 3.18. The minimum atomic E-state index is 0.775. The van der Waals surface area contributed by atoms with Gasteiger partial charge in [0.1, 0.15) is 0 Å². The van der Waals surface area contributed by atoms with Gasteiger partial charge in [-0.05, 0) is 68.5 Å². The molecule has 1 unspecified atom stereocenters. The first-order valence-corrected chi connectivity index (χ1v) is 6.44. The molecular formula is C14H20N2. The monoisotopic (exact) mass is 216 g/mol. The van der Waals surface area contributed by atoms with Crippen molar-refractivity contribution in [1.82, 2.24) is 4.90 Å². The molecule has 1 aliphatic carbocycles. The molecule has 1 fully saturated rings. The van der Waals surface area contributed by atoms with Crippen LogP contribution in [0, 0.1) is 0 Å². The summed E-state index contributed by atoms with van der Waals surface area (Å²) in [6.07, 6.45) is 6.55. The van der Waals surface area contributed by atoms with Crippen molar-refractivity contribution in [3.05, 3.63) is 29.3 Å². The maximum atomic E-state index is 5.87. The number of hydrogen-bond donors (Lipinski definition) is 1. The van der Waals surface area contributed by atoms with Crippen LogP contribution in [-0.2, 0) is 12.8 Å². The van der Waals surface area contributed by atoms with E-state index in [0.717, 1.165) is 11.7 Å². The summed E-state index contributed by atoms with van der Waals surface area (Å²) >= 11 is 0. The van der Waals surface area contributed by atoms with Crippen LogP contribution in [0.15, 0.2) is 18.2 Å². The second-order valence-corrected chi connectivity index (χ2v) is 5.17. The Kier molecular flexibility index (Phi) is 2.60. The van der Waals surface area contributed by atoms with Crippen molar-refractivity contribution in [2.75, 3.05) is 18.8 Å². The summed E-state index contributed by atoms with van der Waals surface area (Å²) in [7, 11) is 0. The zero-order valence-electron chi connectivity index (χ0n) is 9.78. The summed E-state index contributed by atoms with van der Waals surface area (Å²) in [4.78, 5) is 2.67. The van der Waals surface area contributed by atoms with Crippen molar-refractivity contribution in [2.45, 2.75) is 38.1 Å². The number of hydrogen-bond acceptors (Lipinski definition) is 2. The molecule has 0 amide bonds. The summed E-state index contributed by atoms with van der Waals surface area (Å²) < 4.78 is 0. The number of nitrogens with two attached hydrogens (primary N) is 1. The van der Waals surface area contributed by atoms with E-state index in [0.29, 0.717) is 0 Å². The van der Waals surface area contributed by atoms with Crippen molar-refractivity contribution in [3.63, 3.8) is 0 Å². The summed E-state index contributed by atoms with van der Waals surface area (Å²) in [5, 5.41) is 0. The highest BCUT2D eigenvalue weighted by Gasteiger charge is 2.25. The molecule has 1 heterocycles. The fraction of sp³-hybridized carbons (Fsp3) is 0.571. The number of nitrogens with zero attached hydrogens (tertiary/aromatic N) is 1. The first-order chi connectivity index (χ1) is 7.83. The van der Waals surface area contributed by atoms with Gasteiger partial charge in [-0.1, -0.05) is 6.07 Å². The fourth-order valence-corrected chi connectivity index (χ4v) is 3.18. The van der Waals surface area contributed by atoms with Crippen LogP contribution in [0.2, 0.25) is 0 Å². The van der Waals surface area contributed by atoms with Gasteiger partial charge in [-0.2, -0.15) is 0 Å². The molecule has 0 saturated carbocycles. The SMILES string of the molecule is Nc1ccc2c(c1)CC(N1CCCC1)CC2. The van der Waals surface area contributed by atoms with Gasteiger partial charge in [0.05, 0.1) is 0 Å². The average molecular weight is 216 g/mol. The van der Waals surface area contributed by atoms with E-state index in [1.54, 1.807) is 0 Å². The number of aryl methyl sites for hydroxylation is 1. The number of anilines is 1. The third-order valence-corrected chi connectivity index (χ3v) is 4.09. The van der Waals surface area contributed by atoms with Crippen molar-refractivity contribution >= 4 is 5.69 Å². The highest BCUT2D eigenvalue weighted by molar-refractivity contribution is 5.46. The van der Waals surface area contributed by atoms with Gasteiger partial charge in [-0.25, -0.2) is 0 Å². The van der Waals surface area contributed by atoms with E-state index in [1.807, 2.05) is 6.07 Å². The molecule has 1 aromatic rings. The number of likely N-dealkylation sites (tertiary alicyclic amines) is 1. The second kappa shape index (κ2) is 4.10. The minimum Gasteiger partial charge on any atom is -0.399 e. The van der Waals surface area contributed by atoms with Crippen molar-refractivity contribution in [2.24, 2.45) is 0 Å². The molecule has 0 aromatic heterocycles. The number of rotatable bonds is 1. The van der Waals surface area contributed by atoms with Gasteiger partial charge in [0, 0.05) is 11.7 Å². The Balaban J connectivity index is 1.79. The Labute approximate surface area is 97.4 Å². The Bertz CT molecular complexity index is 380. The average Bonchev–Trinajstić information content (AvgIpc) is 2.81. The van der Waals surface area contributed by atoms with Gasteiger partial charge in [0.15, 0.2) is 0 Å². The molecule has 1 saturated heterocycles. The second-order valence-electron chi connectivity index (χ2n) is 5.17. The zero-order chi connectivity index (χ0) is 11.0. The number of nitrogen functional groups attached to an aromatic ring is 1. The lowest BCUT2D eigenvalue weighted by Crippen LogP contribution is -2.37. The lowest BCUT2D eigenvalue weighted by molar-refractivity contribution is 0.222. The molecule has 86 valence electrons. The molecule has 0 radical (unpaired) electrons. The van der Waals surface area contributed by atoms with Gasteiger partial charge in [0.25, 0.3) is 0 Å². The summed E-state index contributed by atoms with van der Waals surface area (Å²) in [5.74, 6) is 0. The summed E-state index contributed by atoms with van der Waals surface area (Å²) in [6, 6.07) is 7.20. The van der Waals surface area contributed by atoms with Crippen LogP contribution in [-0.4, -0.2) is 24.0 Å². The Hall–Kier alpha value is -1.02. The van der Waals surface area contributed by atoms with E-state index in [2.05, 4.69) is 17.0 Å². The van der Waals surface area contributed by atoms with Crippen molar-refractivity contribution < 1.29 is 0 Å². The Morgan fingerprint density at radius 3 is 2.75 bits per heavy atom. The van der Waals surface area contributed by atoms with E-state index >= 15 is 0 Å². The molecule has 16 heavy (non-hydrogen) atoms. The van der Waals surface area contributed by atoms with Crippen LogP contribution >= 0.6 is 0 Å². The predicted molar refractivity (Wildman–Crippen MR) is 67.5 cm³/mol. The molecule has 2 heteroatoms. The molecule has 0 spiro atoms. The number of benzene rings is 1. The van der Waals surface area contributed by atoms with Gasteiger partial charge < -0.3 is 10.6 Å². The first kappa shape index (κ1) is 10.2. The van der Waals surface area contributed by atoms with Crippen LogP contribution < -0.4 is 5.73 Å². The highest BCUT2D eigenvalue weighted by Crippen LogP contribution is 2.27. The van der Waals surface area contributed by atoms with Crippen LogP contribution in [0.25, 0.3) is 0 Å². The normalized spacial score (nSPS) is 25.6. The van der Waals surface area contributed by atoms with Crippen LogP contribution in [0.3, 0.4) is 0 Å². The lowest BCUT2D eigenvalue weighted by atomic mass is 9.87. The predicted octanol–water partition coefficient (Wildman–Crippen LogP) is 2.22. The third-order valence-electron chi connectivity index (χ3n) is 4.09. The number of fused-ring (bicyclic) bond motifs is 1. The van der Waals surface area contributed by atoms with Gasteiger partial charge >= 0.3 is 0 Å². The molecule has 0 bridgehead atoms. The van der Waals surface area contributed by atoms with Crippen LogP contribution in [0.4, 0.5) is 5.69 Å². The highest BCUT2D eigenvalue weighted by atomic mass is 15.2. The molecular weight excluding hydrogens is 196 g/mol. The quantitative estimate of drug-likeness (QED) is 0.729. The van der Waals surface area contributed by atoms with E-state index in [9.17, 15) is 0 Å². The maximum Gasteiger partial charge on any atom is 0.0316 e. The molecule has 2 aliphatic rings. The van der Waals surface area contributed by atoms with E-state index in [-0.39, 0.29) is 0 Å². The maximum absolute atomic E-state index is 5.87. The van der Waals surface area contributed by atoms with Gasteiger partial charge in [-0.3, -0.25) is 0 Å². The Morgan fingerprint density at radius 2 is 1.94 bits per heavy atom. The third kappa shape index (κ3) is 1.82. The van der Waals surface area contributed by atoms with Crippen molar-refractivity contribution in [3.8, 4) is 0 Å². The van der Waals surface area contributed by atoms with E-state index in [4.69, 9.17) is 5.73 Å². The molecule has 2 nitrogen and oxygen atoms in total. The van der Waals surface area contributed by atoms with Crippen LogP contribution in [0.1, 0.15) is 30.4 Å². The molecule has 1 aromatic carbocycles. The lowest BCUT2D eigenvalue weighted by Gasteiger charge is -2.32. The largest absolute Gasteiger partial charge is 0.399 e. The van der Waals surface area contributed by atoms with E-state index in [1.165, 1.54) is 56.3 Å². The van der Waals surface area contributed by atoms with Crippen LogP contribution in [0.5, 0.6) is 0 Å². The molecule has 1 atom stereocenters. The van der Waals surface area contributed by atoms with E-state index < -0.39 is 0 Å². The smallest absolute Gasteiger partial charge is 0.0316 e. The molecule has 3 rings (SSSR count). The first-order valence-electron chi connectivity index (χ1n) is 6.44. The van der Waals surface area contributed by atoms with Gasteiger partial charge in [-0.15, -0.1) is 0 Å². The minimum absolute atomic E-state index is 0.775. The topological polar surface area (TPSA) is 29.3 Å². The molecule has 2 N–H and O–H groups in total. The van der Waals surface area contributed by atoms with Crippen molar-refractivity contribution in [1.29, 1.82) is 0 Å². The Morgan fingerprint density at radius 1 is 1.12 bits per heavy atom. The standard InChI is InChI=1S/C14H20N2/c15-13-5-3-11-4-6-14(10-12(11)9-13)16-7-1-2-8-16/h3,5,9,14H,1-2,4,6-8,10,15H2. The summed E-state index contributed by atoms with van der Waals surface area (Å²) in [5.41, 5.74) is 9.79. The zero-order valence-corrected chi connectivity index (χ0v) is 9.78. The summed E-state index contributed by atoms with van der Waals surface area (Å²) in [6.45, 7) is 2.62.